The molecule has 0 aromatic rings. The van der Waals surface area contributed by atoms with E-state index in [9.17, 15) is 0 Å². The molecule has 0 aliphatic heterocycles. The highest BCUT2D eigenvalue weighted by Crippen LogP contribution is 1.93. The summed E-state index contributed by atoms with van der Waals surface area (Å²) in [6.07, 6.45) is 3.75. The Kier molecular flexibility index (Phi) is 6.98. The molecule has 10 heavy (non-hydrogen) atoms. The Morgan fingerprint density at radius 1 is 1.20 bits per heavy atom. The van der Waals surface area contributed by atoms with Crippen LogP contribution in [0.25, 0.3) is 0 Å². The van der Waals surface area contributed by atoms with Gasteiger partial charge in [-0.05, 0) is 20.5 Å². The average Bonchev–Trinajstić information content (AvgIpc) is 1.87. The highest BCUT2D eigenvalue weighted by Gasteiger charge is 1.88. The minimum absolute atomic E-state index is 0.754. The van der Waals surface area contributed by atoms with Gasteiger partial charge in [0.25, 0.3) is 0 Å². The molecule has 0 aromatic heterocycles. The first-order chi connectivity index (χ1) is 4.77. The molecule has 0 aliphatic rings. The maximum atomic E-state index is 5.32. The Hall–Kier alpha value is -0.0800. The SMILES string of the molecule is CCCCCOCN(C)C. The third kappa shape index (κ3) is 7.92. The maximum absolute atomic E-state index is 5.32. The lowest BCUT2D eigenvalue weighted by Crippen LogP contribution is -2.16. The summed E-state index contributed by atoms with van der Waals surface area (Å²) in [5.41, 5.74) is 0. The van der Waals surface area contributed by atoms with Gasteiger partial charge in [-0.25, -0.2) is 0 Å². The number of unbranched alkanes of at least 4 members (excludes halogenated alkanes) is 2. The van der Waals surface area contributed by atoms with E-state index >= 15 is 0 Å². The van der Waals surface area contributed by atoms with Gasteiger partial charge in [0.1, 0.15) is 0 Å². The van der Waals surface area contributed by atoms with E-state index in [2.05, 4.69) is 6.92 Å². The van der Waals surface area contributed by atoms with Gasteiger partial charge in [-0.15, -0.1) is 0 Å². The fourth-order valence-corrected chi connectivity index (χ4v) is 0.701. The normalized spacial score (nSPS) is 10.8. The van der Waals surface area contributed by atoms with Gasteiger partial charge in [0.15, 0.2) is 0 Å². The highest BCUT2D eigenvalue weighted by molar-refractivity contribution is 4.35. The lowest BCUT2D eigenvalue weighted by Gasteiger charge is -2.09. The van der Waals surface area contributed by atoms with Crippen molar-refractivity contribution in [1.82, 2.24) is 4.90 Å². The summed E-state index contributed by atoms with van der Waals surface area (Å²) in [6.45, 7) is 3.86. The number of ether oxygens (including phenoxy) is 1. The lowest BCUT2D eigenvalue weighted by molar-refractivity contribution is 0.0541. The van der Waals surface area contributed by atoms with Gasteiger partial charge in [-0.3, -0.25) is 4.90 Å². The fourth-order valence-electron chi connectivity index (χ4n) is 0.701. The number of nitrogens with zero attached hydrogens (tertiary/aromatic N) is 1. The molecule has 0 rings (SSSR count). The lowest BCUT2D eigenvalue weighted by atomic mass is 10.3. The van der Waals surface area contributed by atoms with Crippen LogP contribution in [0.15, 0.2) is 0 Å². The van der Waals surface area contributed by atoms with E-state index in [-0.39, 0.29) is 0 Å². The average molecular weight is 145 g/mol. The van der Waals surface area contributed by atoms with Crippen LogP contribution in [0.1, 0.15) is 26.2 Å². The third-order valence-electron chi connectivity index (χ3n) is 1.24. The van der Waals surface area contributed by atoms with E-state index < -0.39 is 0 Å². The van der Waals surface area contributed by atoms with Crippen molar-refractivity contribution >= 4 is 0 Å². The molecule has 0 N–H and O–H groups in total. The number of hydrogen-bond acceptors (Lipinski definition) is 2. The van der Waals surface area contributed by atoms with Crippen molar-refractivity contribution in [1.29, 1.82) is 0 Å². The van der Waals surface area contributed by atoms with Crippen molar-refractivity contribution < 1.29 is 4.74 Å². The molecule has 2 heteroatoms. The summed E-state index contributed by atoms with van der Waals surface area (Å²) >= 11 is 0. The first kappa shape index (κ1) is 9.92. The van der Waals surface area contributed by atoms with Crippen LogP contribution in [0.5, 0.6) is 0 Å². The van der Waals surface area contributed by atoms with Gasteiger partial charge in [0.05, 0.1) is 6.73 Å². The summed E-state index contributed by atoms with van der Waals surface area (Å²) in [5.74, 6) is 0. The fraction of sp³-hybridized carbons (Fsp3) is 1.00. The first-order valence-electron chi connectivity index (χ1n) is 4.00. The Bertz CT molecular complexity index is 64.3. The second-order valence-electron chi connectivity index (χ2n) is 2.82. The second-order valence-corrected chi connectivity index (χ2v) is 2.82. The molecule has 2 nitrogen and oxygen atoms in total. The Labute approximate surface area is 64.2 Å². The van der Waals surface area contributed by atoms with Gasteiger partial charge in [-0.1, -0.05) is 19.8 Å². The van der Waals surface area contributed by atoms with Crippen LogP contribution in [0.2, 0.25) is 0 Å². The molecule has 0 aliphatic carbocycles. The monoisotopic (exact) mass is 145 g/mol. The first-order valence-corrected chi connectivity index (χ1v) is 4.00. The molecule has 0 atom stereocenters. The third-order valence-corrected chi connectivity index (χ3v) is 1.24. The largest absolute Gasteiger partial charge is 0.366 e. The van der Waals surface area contributed by atoms with E-state index in [0.29, 0.717) is 0 Å². The molecule has 0 saturated carbocycles. The predicted molar refractivity (Wildman–Crippen MR) is 44.0 cm³/mol. The van der Waals surface area contributed by atoms with Gasteiger partial charge < -0.3 is 4.74 Å². The van der Waals surface area contributed by atoms with Gasteiger partial charge in [-0.2, -0.15) is 0 Å². The highest BCUT2D eigenvalue weighted by atomic mass is 16.5. The molecule has 0 spiro atoms. The van der Waals surface area contributed by atoms with Crippen molar-refractivity contribution in [3.63, 3.8) is 0 Å². The minimum atomic E-state index is 0.754. The van der Waals surface area contributed by atoms with E-state index in [1.165, 1.54) is 19.3 Å². The maximum Gasteiger partial charge on any atom is 0.0985 e. The Morgan fingerprint density at radius 3 is 2.40 bits per heavy atom. The second kappa shape index (κ2) is 7.03. The van der Waals surface area contributed by atoms with Crippen LogP contribution < -0.4 is 0 Å². The zero-order valence-corrected chi connectivity index (χ0v) is 7.39. The van der Waals surface area contributed by atoms with Crippen LogP contribution >= 0.6 is 0 Å². The van der Waals surface area contributed by atoms with E-state index in [0.717, 1.165) is 13.3 Å². The summed E-state index contributed by atoms with van der Waals surface area (Å²) < 4.78 is 5.32. The van der Waals surface area contributed by atoms with Crippen LogP contribution in [-0.2, 0) is 4.74 Å². The summed E-state index contributed by atoms with van der Waals surface area (Å²) in [6, 6.07) is 0. The standard InChI is InChI=1S/C8H19NO/c1-4-5-6-7-10-8-9(2)3/h4-8H2,1-3H3. The molecular formula is C8H19NO. The molecular weight excluding hydrogens is 126 g/mol. The van der Waals surface area contributed by atoms with Crippen molar-refractivity contribution in [3.8, 4) is 0 Å². The van der Waals surface area contributed by atoms with Gasteiger partial charge in [0.2, 0.25) is 0 Å². The van der Waals surface area contributed by atoms with E-state index in [4.69, 9.17) is 4.74 Å². The van der Waals surface area contributed by atoms with Crippen molar-refractivity contribution in [2.75, 3.05) is 27.4 Å². The number of hydrogen-bond donors (Lipinski definition) is 0. The van der Waals surface area contributed by atoms with Crippen LogP contribution in [0.4, 0.5) is 0 Å². The molecule has 0 saturated heterocycles. The molecule has 0 fully saturated rings. The molecule has 0 aromatic carbocycles. The van der Waals surface area contributed by atoms with Crippen molar-refractivity contribution in [2.24, 2.45) is 0 Å². The summed E-state index contributed by atoms with van der Waals surface area (Å²) in [7, 11) is 4.03. The topological polar surface area (TPSA) is 12.5 Å². The number of rotatable bonds is 6. The van der Waals surface area contributed by atoms with Crippen LogP contribution in [-0.4, -0.2) is 32.3 Å². The smallest absolute Gasteiger partial charge is 0.0985 e. The van der Waals surface area contributed by atoms with Gasteiger partial charge in [0, 0.05) is 6.61 Å². The van der Waals surface area contributed by atoms with Crippen molar-refractivity contribution in [3.05, 3.63) is 0 Å². The minimum Gasteiger partial charge on any atom is -0.366 e. The Morgan fingerprint density at radius 2 is 1.90 bits per heavy atom. The Balaban J connectivity index is 2.77. The predicted octanol–water partition coefficient (Wildman–Crippen LogP) is 1.71. The van der Waals surface area contributed by atoms with Crippen molar-refractivity contribution in [2.45, 2.75) is 26.2 Å². The zero-order valence-electron chi connectivity index (χ0n) is 7.39. The van der Waals surface area contributed by atoms with Crippen LogP contribution in [0.3, 0.4) is 0 Å². The van der Waals surface area contributed by atoms with E-state index in [1.54, 1.807) is 0 Å². The molecule has 0 radical (unpaired) electrons. The molecule has 0 amide bonds. The molecule has 0 unspecified atom stereocenters. The van der Waals surface area contributed by atoms with Crippen LogP contribution in [0, 0.1) is 0 Å². The quantitative estimate of drug-likeness (QED) is 0.417. The summed E-state index contributed by atoms with van der Waals surface area (Å²) in [5, 5.41) is 0. The van der Waals surface area contributed by atoms with Gasteiger partial charge >= 0.3 is 0 Å². The molecule has 0 heterocycles. The van der Waals surface area contributed by atoms with E-state index in [1.807, 2.05) is 19.0 Å². The molecule has 62 valence electrons. The summed E-state index contributed by atoms with van der Waals surface area (Å²) in [4.78, 5) is 2.03. The zero-order chi connectivity index (χ0) is 7.82. The molecule has 0 bridgehead atoms.